The fourth-order valence-electron chi connectivity index (χ4n) is 3.37. The van der Waals surface area contributed by atoms with Crippen molar-refractivity contribution in [2.75, 3.05) is 32.1 Å². The molecule has 5 nitrogen and oxygen atoms in total. The van der Waals surface area contributed by atoms with Crippen LogP contribution in [0.15, 0.2) is 42.5 Å². The van der Waals surface area contributed by atoms with E-state index in [0.29, 0.717) is 23.4 Å². The van der Waals surface area contributed by atoms with Gasteiger partial charge in [-0.1, -0.05) is 18.6 Å². The Kier molecular flexibility index (Phi) is 9.27. The second kappa shape index (κ2) is 11.7. The molecule has 0 aliphatic carbocycles. The number of likely N-dealkylation sites (N-methyl/N-ethyl adjacent to an activating group) is 1. The molecule has 2 aromatic carbocycles. The third-order valence-electron chi connectivity index (χ3n) is 5.05. The highest BCUT2D eigenvalue weighted by molar-refractivity contribution is 6.00. The maximum atomic E-state index is 13.2. The molecule has 7 heteroatoms. The Morgan fingerprint density at radius 3 is 2.77 bits per heavy atom. The van der Waals surface area contributed by atoms with E-state index in [1.807, 2.05) is 6.07 Å². The van der Waals surface area contributed by atoms with Gasteiger partial charge in [-0.3, -0.25) is 9.59 Å². The molecule has 0 fully saturated rings. The van der Waals surface area contributed by atoms with E-state index in [4.69, 9.17) is 4.74 Å². The molecule has 1 N–H and O–H groups in total. The van der Waals surface area contributed by atoms with Gasteiger partial charge >= 0.3 is 0 Å². The highest BCUT2D eigenvalue weighted by atomic mass is 35.5. The molecule has 2 aromatic rings. The van der Waals surface area contributed by atoms with Gasteiger partial charge in [-0.05, 0) is 68.8 Å². The van der Waals surface area contributed by atoms with E-state index >= 15 is 0 Å². The number of carbonyl (C=O) groups is 2. The number of Topliss-reactive ketones (excluding diaryl/α,β-unsaturated/α-hetero) is 1. The van der Waals surface area contributed by atoms with Gasteiger partial charge in [0.15, 0.2) is 12.4 Å². The lowest BCUT2D eigenvalue weighted by Gasteiger charge is -2.18. The van der Waals surface area contributed by atoms with Crippen LogP contribution in [0.5, 0.6) is 5.75 Å². The molecule has 0 radical (unpaired) electrons. The summed E-state index contributed by atoms with van der Waals surface area (Å²) in [7, 11) is 2.06. The van der Waals surface area contributed by atoms with Gasteiger partial charge in [0, 0.05) is 18.5 Å². The molecule has 0 atom stereocenters. The Bertz CT molecular complexity index is 875. The van der Waals surface area contributed by atoms with Crippen molar-refractivity contribution in [2.45, 2.75) is 32.1 Å². The minimum Gasteiger partial charge on any atom is -0.482 e. The first-order valence-corrected chi connectivity index (χ1v) is 10.0. The van der Waals surface area contributed by atoms with Crippen molar-refractivity contribution in [3.05, 3.63) is 59.4 Å². The molecule has 1 aliphatic heterocycles. The Balaban J connectivity index is 0.00000320. The fourth-order valence-corrected chi connectivity index (χ4v) is 3.37. The van der Waals surface area contributed by atoms with Gasteiger partial charge in [0.2, 0.25) is 0 Å². The minimum atomic E-state index is -0.205. The molecule has 1 amide bonds. The van der Waals surface area contributed by atoms with Gasteiger partial charge in [-0.2, -0.15) is 0 Å². The summed E-state index contributed by atoms with van der Waals surface area (Å²) >= 11 is 0. The molecule has 162 valence electrons. The molecule has 0 saturated carbocycles. The van der Waals surface area contributed by atoms with Crippen molar-refractivity contribution in [3.63, 3.8) is 0 Å². The van der Waals surface area contributed by atoms with Crippen LogP contribution in [0.3, 0.4) is 0 Å². The van der Waals surface area contributed by atoms with Crippen LogP contribution in [0.2, 0.25) is 0 Å². The molecule has 0 saturated heterocycles. The van der Waals surface area contributed by atoms with E-state index in [9.17, 15) is 14.0 Å². The predicted molar refractivity (Wildman–Crippen MR) is 118 cm³/mol. The highest BCUT2D eigenvalue weighted by Crippen LogP contribution is 2.29. The lowest BCUT2D eigenvalue weighted by molar-refractivity contribution is -0.118. The zero-order valence-electron chi connectivity index (χ0n) is 17.2. The lowest BCUT2D eigenvalue weighted by atomic mass is 10.0. The van der Waals surface area contributed by atoms with Crippen LogP contribution in [0, 0.1) is 5.82 Å². The predicted octanol–water partition coefficient (Wildman–Crippen LogP) is 4.50. The monoisotopic (exact) mass is 434 g/mol. The maximum absolute atomic E-state index is 13.2. The summed E-state index contributed by atoms with van der Waals surface area (Å²) in [6, 6.07) is 11.9. The Morgan fingerprint density at radius 1 is 1.13 bits per heavy atom. The summed E-state index contributed by atoms with van der Waals surface area (Å²) in [5, 5.41) is 2.73. The van der Waals surface area contributed by atoms with E-state index < -0.39 is 0 Å². The normalized spacial score (nSPS) is 12.6. The van der Waals surface area contributed by atoms with Gasteiger partial charge < -0.3 is 15.0 Å². The summed E-state index contributed by atoms with van der Waals surface area (Å²) in [4.78, 5) is 26.0. The van der Waals surface area contributed by atoms with Gasteiger partial charge in [-0.25, -0.2) is 4.39 Å². The number of fused-ring (bicyclic) bond motifs is 1. The number of ether oxygens (including phenoxy) is 1. The molecule has 0 bridgehead atoms. The largest absolute Gasteiger partial charge is 0.482 e. The summed E-state index contributed by atoms with van der Waals surface area (Å²) in [6.07, 6.45) is 4.13. The molecule has 1 aliphatic rings. The van der Waals surface area contributed by atoms with E-state index in [1.165, 1.54) is 6.07 Å². The van der Waals surface area contributed by atoms with Crippen molar-refractivity contribution in [3.8, 4) is 5.75 Å². The maximum Gasteiger partial charge on any atom is 0.262 e. The molecule has 1 heterocycles. The molecule has 3 rings (SSSR count). The second-order valence-corrected chi connectivity index (χ2v) is 7.46. The number of hydrogen-bond donors (Lipinski definition) is 1. The minimum absolute atomic E-state index is 0. The number of ketones is 1. The number of hydrogen-bond acceptors (Lipinski definition) is 4. The summed E-state index contributed by atoms with van der Waals surface area (Å²) in [6.45, 7) is 1.84. The summed E-state index contributed by atoms with van der Waals surface area (Å²) in [5.74, 6) is 0.279. The van der Waals surface area contributed by atoms with Gasteiger partial charge in [0.1, 0.15) is 11.6 Å². The highest BCUT2D eigenvalue weighted by Gasteiger charge is 2.17. The van der Waals surface area contributed by atoms with Gasteiger partial charge in [0.25, 0.3) is 5.91 Å². The zero-order valence-corrected chi connectivity index (χ0v) is 18.0. The molecule has 0 spiro atoms. The fraction of sp³-hybridized carbons (Fsp3) is 0.391. The Morgan fingerprint density at radius 2 is 1.97 bits per heavy atom. The first-order valence-electron chi connectivity index (χ1n) is 10.0. The summed E-state index contributed by atoms with van der Waals surface area (Å²) < 4.78 is 18.5. The number of benzene rings is 2. The molecule has 0 unspecified atom stereocenters. The molecule has 0 aromatic heterocycles. The SMILES string of the molecule is CN(CCCCCC(=O)c1ccc2c(c1)NC(=O)CO2)CCc1cccc(F)c1.Cl. The van der Waals surface area contributed by atoms with E-state index in [-0.39, 0.29) is 36.5 Å². The van der Waals surface area contributed by atoms with Crippen molar-refractivity contribution >= 4 is 29.8 Å². The Labute approximate surface area is 183 Å². The van der Waals surface area contributed by atoms with E-state index in [0.717, 1.165) is 44.3 Å². The first kappa shape index (κ1) is 23.8. The third kappa shape index (κ3) is 7.11. The first-order chi connectivity index (χ1) is 14.0. The van der Waals surface area contributed by atoms with Gasteiger partial charge in [0.05, 0.1) is 5.69 Å². The smallest absolute Gasteiger partial charge is 0.262 e. The van der Waals surface area contributed by atoms with Crippen LogP contribution in [0.1, 0.15) is 41.6 Å². The number of amides is 1. The number of anilines is 1. The quantitative estimate of drug-likeness (QED) is 0.442. The van der Waals surface area contributed by atoms with Crippen LogP contribution in [0.4, 0.5) is 10.1 Å². The van der Waals surface area contributed by atoms with Crippen LogP contribution in [0.25, 0.3) is 0 Å². The van der Waals surface area contributed by atoms with Crippen LogP contribution in [-0.2, 0) is 11.2 Å². The number of rotatable bonds is 10. The molecular weight excluding hydrogens is 407 g/mol. The van der Waals surface area contributed by atoms with Crippen molar-refractivity contribution < 1.29 is 18.7 Å². The zero-order chi connectivity index (χ0) is 20.6. The lowest BCUT2D eigenvalue weighted by Crippen LogP contribution is -2.25. The van der Waals surface area contributed by atoms with E-state index in [1.54, 1.807) is 30.3 Å². The van der Waals surface area contributed by atoms with Crippen molar-refractivity contribution in [2.24, 2.45) is 0 Å². The Hall–Kier alpha value is -2.44. The van der Waals surface area contributed by atoms with Crippen LogP contribution < -0.4 is 10.1 Å². The summed E-state index contributed by atoms with van der Waals surface area (Å²) in [5.41, 5.74) is 2.17. The number of halogens is 2. The molecule has 30 heavy (non-hydrogen) atoms. The number of nitrogens with zero attached hydrogens (tertiary/aromatic N) is 1. The van der Waals surface area contributed by atoms with Crippen LogP contribution in [-0.4, -0.2) is 43.3 Å². The van der Waals surface area contributed by atoms with Crippen molar-refractivity contribution in [1.82, 2.24) is 4.90 Å². The topological polar surface area (TPSA) is 58.6 Å². The number of carbonyl (C=O) groups excluding carboxylic acids is 2. The third-order valence-corrected chi connectivity index (χ3v) is 5.05. The number of unbranched alkanes of at least 4 members (excludes halogenated alkanes) is 2. The van der Waals surface area contributed by atoms with Gasteiger partial charge in [-0.15, -0.1) is 12.4 Å². The number of nitrogens with one attached hydrogen (secondary N) is 1. The van der Waals surface area contributed by atoms with Crippen molar-refractivity contribution in [1.29, 1.82) is 0 Å². The molecular formula is C23H28ClFN2O3. The average molecular weight is 435 g/mol. The average Bonchev–Trinajstić information content (AvgIpc) is 2.71. The van der Waals surface area contributed by atoms with Crippen LogP contribution >= 0.6 is 12.4 Å². The second-order valence-electron chi connectivity index (χ2n) is 7.46. The van der Waals surface area contributed by atoms with E-state index in [2.05, 4.69) is 17.3 Å². The standard InChI is InChI=1S/C23H27FN2O3.ClH/c1-26(13-11-17-6-5-7-19(24)14-17)12-4-2-3-8-21(27)18-9-10-22-20(15-18)25-23(28)16-29-22;/h5-7,9-10,14-15H,2-4,8,11-13,16H2,1H3,(H,25,28);1H.